The van der Waals surface area contributed by atoms with E-state index in [-0.39, 0.29) is 5.69 Å². The van der Waals surface area contributed by atoms with Crippen molar-refractivity contribution < 1.29 is 9.90 Å². The van der Waals surface area contributed by atoms with Gasteiger partial charge >= 0.3 is 0 Å². The molecule has 5 nitrogen and oxygen atoms in total. The molecule has 0 saturated carbocycles. The summed E-state index contributed by atoms with van der Waals surface area (Å²) in [5.41, 5.74) is -1.06. The van der Waals surface area contributed by atoms with Gasteiger partial charge in [-0.05, 0) is 9.39 Å². The highest BCUT2D eigenvalue weighted by molar-refractivity contribution is 7.14. The highest BCUT2D eigenvalue weighted by atomic mass is 31.0. The van der Waals surface area contributed by atoms with Crippen LogP contribution in [-0.4, -0.2) is 20.9 Å². The summed E-state index contributed by atoms with van der Waals surface area (Å²) in [6, 6.07) is 0. The Labute approximate surface area is 63.9 Å². The Kier molecular flexibility index (Phi) is 2.01. The molecule has 1 aromatic rings. The van der Waals surface area contributed by atoms with Crippen molar-refractivity contribution in [1.29, 1.82) is 0 Å². The summed E-state index contributed by atoms with van der Waals surface area (Å²) in [4.78, 5) is 20.9. The van der Waals surface area contributed by atoms with Crippen LogP contribution in [0, 0.1) is 0 Å². The van der Waals surface area contributed by atoms with Crippen LogP contribution in [0.15, 0.2) is 11.0 Å². The van der Waals surface area contributed by atoms with Crippen molar-refractivity contribution in [1.82, 2.24) is 9.55 Å². The molecule has 1 N–H and O–H groups in total. The number of hydrogen-bond acceptors (Lipinski definition) is 4. The van der Waals surface area contributed by atoms with Gasteiger partial charge in [0.25, 0.3) is 5.43 Å². The van der Waals surface area contributed by atoms with E-state index in [0.29, 0.717) is 6.29 Å². The maximum atomic E-state index is 10.8. The lowest BCUT2D eigenvalue weighted by molar-refractivity contribution is 0.111. The molecule has 0 spiro atoms. The van der Waals surface area contributed by atoms with Gasteiger partial charge in [0.05, 0.1) is 6.20 Å². The van der Waals surface area contributed by atoms with Crippen molar-refractivity contribution >= 4 is 15.7 Å². The molecule has 0 radical (unpaired) electrons. The molecule has 0 bridgehead atoms. The van der Waals surface area contributed by atoms with Gasteiger partial charge in [0.2, 0.25) is 0 Å². The topological polar surface area (TPSA) is 72.2 Å². The first-order chi connectivity index (χ1) is 5.15. The van der Waals surface area contributed by atoms with E-state index >= 15 is 0 Å². The maximum absolute atomic E-state index is 10.8. The van der Waals surface area contributed by atoms with Crippen LogP contribution in [0.5, 0.6) is 5.75 Å². The second kappa shape index (κ2) is 2.80. The van der Waals surface area contributed by atoms with Gasteiger partial charge in [-0.3, -0.25) is 14.0 Å². The Balaban J connectivity index is 3.48. The second-order valence-corrected chi connectivity index (χ2v) is 2.36. The Hall–Kier alpha value is -1.22. The van der Waals surface area contributed by atoms with Crippen LogP contribution in [0.25, 0.3) is 0 Å². The van der Waals surface area contributed by atoms with Gasteiger partial charge in [0, 0.05) is 0 Å². The van der Waals surface area contributed by atoms with Crippen LogP contribution >= 0.6 is 9.39 Å². The van der Waals surface area contributed by atoms with Crippen molar-refractivity contribution in [2.45, 2.75) is 0 Å². The lowest BCUT2D eigenvalue weighted by Crippen LogP contribution is -2.13. The third-order valence-corrected chi connectivity index (χ3v) is 1.32. The molecule has 11 heavy (non-hydrogen) atoms. The molecule has 1 unspecified atom stereocenters. The average molecular weight is 172 g/mol. The lowest BCUT2D eigenvalue weighted by atomic mass is 10.4. The molecule has 1 aromatic heterocycles. The van der Waals surface area contributed by atoms with Crippen molar-refractivity contribution in [3.63, 3.8) is 0 Å². The Morgan fingerprint density at radius 1 is 1.73 bits per heavy atom. The number of carbonyl (C=O) groups is 1. The summed E-state index contributed by atoms with van der Waals surface area (Å²) >= 11 is 0. The molecule has 0 aliphatic carbocycles. The molecule has 6 heteroatoms. The molecule has 0 aliphatic heterocycles. The number of aromatic hydroxyl groups is 1. The molecule has 58 valence electrons. The summed E-state index contributed by atoms with van der Waals surface area (Å²) in [6.07, 6.45) is 1.39. The largest absolute Gasteiger partial charge is 0.503 e. The van der Waals surface area contributed by atoms with Gasteiger partial charge in [0.1, 0.15) is 0 Å². The third kappa shape index (κ3) is 1.43. The van der Waals surface area contributed by atoms with Crippen LogP contribution in [0.4, 0.5) is 0 Å². The lowest BCUT2D eigenvalue weighted by Gasteiger charge is -1.96. The first kappa shape index (κ1) is 7.88. The third-order valence-electron chi connectivity index (χ3n) is 1.05. The quantitative estimate of drug-likeness (QED) is 0.453. The predicted molar refractivity (Wildman–Crippen MR) is 40.7 cm³/mol. The SMILES string of the molecule is O=Cc1nn(P)cc(O)c1=O. The highest BCUT2D eigenvalue weighted by Gasteiger charge is 2.04. The molecular formula is C5H5N2O3P. The fraction of sp³-hybridized carbons (Fsp3) is 0. The van der Waals surface area contributed by atoms with Crippen LogP contribution in [-0.2, 0) is 0 Å². The number of carbonyl (C=O) groups excluding carboxylic acids is 1. The average Bonchev–Trinajstić information content (AvgIpc) is 1.96. The summed E-state index contributed by atoms with van der Waals surface area (Å²) in [5.74, 6) is -0.489. The van der Waals surface area contributed by atoms with Crippen molar-refractivity contribution in [2.24, 2.45) is 0 Å². The van der Waals surface area contributed by atoms with Gasteiger partial charge < -0.3 is 5.11 Å². The molecule has 0 amide bonds. The van der Waals surface area contributed by atoms with E-state index in [1.807, 2.05) is 0 Å². The molecule has 0 fully saturated rings. The molecule has 0 saturated heterocycles. The van der Waals surface area contributed by atoms with Crippen LogP contribution in [0.2, 0.25) is 0 Å². The monoisotopic (exact) mass is 172 g/mol. The van der Waals surface area contributed by atoms with Crippen molar-refractivity contribution in [2.75, 3.05) is 0 Å². The zero-order valence-corrected chi connectivity index (χ0v) is 6.54. The van der Waals surface area contributed by atoms with Crippen LogP contribution < -0.4 is 5.43 Å². The van der Waals surface area contributed by atoms with Gasteiger partial charge in [-0.1, -0.05) is 0 Å². The van der Waals surface area contributed by atoms with Gasteiger partial charge in [0.15, 0.2) is 17.7 Å². The first-order valence-electron chi connectivity index (χ1n) is 2.68. The summed E-state index contributed by atoms with van der Waals surface area (Å²) < 4.78 is 1.11. The normalized spacial score (nSPS) is 9.55. The second-order valence-electron chi connectivity index (χ2n) is 1.83. The molecule has 1 heterocycles. The molecule has 0 aliphatic rings. The minimum absolute atomic E-state index is 0.294. The van der Waals surface area contributed by atoms with E-state index in [1.165, 1.54) is 0 Å². The van der Waals surface area contributed by atoms with Crippen molar-refractivity contribution in [3.8, 4) is 5.75 Å². The minimum Gasteiger partial charge on any atom is -0.503 e. The Morgan fingerprint density at radius 2 is 2.36 bits per heavy atom. The van der Waals surface area contributed by atoms with E-state index in [2.05, 4.69) is 14.5 Å². The fourth-order valence-corrected chi connectivity index (χ4v) is 0.857. The molecule has 1 atom stereocenters. The van der Waals surface area contributed by atoms with Gasteiger partial charge in [-0.25, -0.2) is 0 Å². The van der Waals surface area contributed by atoms with E-state index in [4.69, 9.17) is 5.11 Å². The zero-order valence-electron chi connectivity index (χ0n) is 5.39. The van der Waals surface area contributed by atoms with Gasteiger partial charge in [-0.2, -0.15) is 5.10 Å². The number of hydrogen-bond donors (Lipinski definition) is 1. The summed E-state index contributed by atoms with van der Waals surface area (Å²) in [7, 11) is 2.10. The van der Waals surface area contributed by atoms with E-state index < -0.39 is 11.2 Å². The molecule has 1 rings (SSSR count). The minimum atomic E-state index is -0.751. The van der Waals surface area contributed by atoms with E-state index in [1.54, 1.807) is 0 Å². The van der Waals surface area contributed by atoms with Crippen molar-refractivity contribution in [3.05, 3.63) is 22.1 Å². The van der Waals surface area contributed by atoms with Crippen LogP contribution in [0.1, 0.15) is 10.5 Å². The smallest absolute Gasteiger partial charge is 0.252 e. The Morgan fingerprint density at radius 3 is 2.91 bits per heavy atom. The number of aldehydes is 1. The molecule has 0 aromatic carbocycles. The fourth-order valence-electron chi connectivity index (χ4n) is 0.591. The Bertz CT molecular complexity index is 346. The zero-order chi connectivity index (χ0) is 8.43. The number of rotatable bonds is 1. The standard InChI is InChI=1S/C5H5N2O3P/c8-2-3-5(10)4(9)1-7(11)6-3/h1-2,9H,11H2. The number of nitrogens with zero attached hydrogens (tertiary/aromatic N) is 2. The van der Waals surface area contributed by atoms with E-state index in [0.717, 1.165) is 10.6 Å². The summed E-state index contributed by atoms with van der Waals surface area (Å²) in [6.45, 7) is 0. The maximum Gasteiger partial charge on any atom is 0.252 e. The highest BCUT2D eigenvalue weighted by Crippen LogP contribution is 2.00. The predicted octanol–water partition coefficient (Wildman–Crippen LogP) is -0.600. The summed E-state index contributed by atoms with van der Waals surface area (Å²) in [5, 5.41) is 12.4. The molecular weight excluding hydrogens is 167 g/mol. The van der Waals surface area contributed by atoms with Gasteiger partial charge in [-0.15, -0.1) is 0 Å². The first-order valence-corrected chi connectivity index (χ1v) is 3.20. The number of aromatic nitrogens is 2. The van der Waals surface area contributed by atoms with E-state index in [9.17, 15) is 9.59 Å². The van der Waals surface area contributed by atoms with Crippen LogP contribution in [0.3, 0.4) is 0 Å².